The molecule has 0 bridgehead atoms. The smallest absolute Gasteiger partial charge is 0.222 e. The minimum atomic E-state index is -0.291. The summed E-state index contributed by atoms with van der Waals surface area (Å²) >= 11 is 0. The molecule has 0 aromatic heterocycles. The lowest BCUT2D eigenvalue weighted by Gasteiger charge is -2.34. The molecule has 2 rings (SSSR count). The van der Waals surface area contributed by atoms with Crippen LogP contribution in [-0.4, -0.2) is 54.2 Å². The van der Waals surface area contributed by atoms with Gasteiger partial charge in [-0.05, 0) is 37.1 Å². The highest BCUT2D eigenvalue weighted by Crippen LogP contribution is 2.12. The van der Waals surface area contributed by atoms with Crippen molar-refractivity contribution in [2.24, 2.45) is 0 Å². The van der Waals surface area contributed by atoms with E-state index in [1.807, 2.05) is 4.90 Å². The summed E-state index contributed by atoms with van der Waals surface area (Å²) in [5.74, 6) is -0.0772. The average molecular weight is 320 g/mol. The number of piperazine rings is 1. The average Bonchev–Trinajstić information content (AvgIpc) is 2.55. The number of carbonyl (C=O) groups is 2. The van der Waals surface area contributed by atoms with Gasteiger partial charge >= 0.3 is 0 Å². The summed E-state index contributed by atoms with van der Waals surface area (Å²) in [5.41, 5.74) is 1.03. The highest BCUT2D eigenvalue weighted by molar-refractivity contribution is 5.97. The number of unbranched alkanes of at least 4 members (excludes halogenated alkanes) is 1. The van der Waals surface area contributed by atoms with E-state index in [2.05, 4.69) is 11.8 Å². The van der Waals surface area contributed by atoms with Crippen molar-refractivity contribution in [2.45, 2.75) is 33.1 Å². The molecule has 1 aliphatic heterocycles. The molecule has 0 saturated carbocycles. The normalized spacial score (nSPS) is 15.7. The number of nitrogens with zero attached hydrogens (tertiary/aromatic N) is 2. The molecule has 0 spiro atoms. The van der Waals surface area contributed by atoms with Crippen LogP contribution in [-0.2, 0) is 4.79 Å². The maximum absolute atomic E-state index is 13.3. The highest BCUT2D eigenvalue weighted by atomic mass is 19.1. The first kappa shape index (κ1) is 17.6. The molecule has 1 heterocycles. The van der Waals surface area contributed by atoms with E-state index in [4.69, 9.17) is 0 Å². The quantitative estimate of drug-likeness (QED) is 0.757. The maximum atomic E-state index is 13.3. The summed E-state index contributed by atoms with van der Waals surface area (Å²) < 4.78 is 13.3. The molecule has 5 heteroatoms. The van der Waals surface area contributed by atoms with Crippen molar-refractivity contribution in [1.29, 1.82) is 0 Å². The van der Waals surface area contributed by atoms with Crippen molar-refractivity contribution in [3.63, 3.8) is 0 Å². The van der Waals surface area contributed by atoms with Crippen molar-refractivity contribution in [1.82, 2.24) is 9.80 Å². The predicted octanol–water partition coefficient (Wildman–Crippen LogP) is 2.65. The zero-order chi connectivity index (χ0) is 16.8. The van der Waals surface area contributed by atoms with Gasteiger partial charge in [0.25, 0.3) is 0 Å². The number of amides is 1. The molecule has 1 amide bonds. The lowest BCUT2D eigenvalue weighted by Crippen LogP contribution is -2.49. The molecule has 0 aliphatic carbocycles. The van der Waals surface area contributed by atoms with Gasteiger partial charge in [-0.2, -0.15) is 0 Å². The molecule has 1 aromatic carbocycles. The van der Waals surface area contributed by atoms with Crippen molar-refractivity contribution in [3.05, 3.63) is 35.1 Å². The Morgan fingerprint density at radius 2 is 1.87 bits per heavy atom. The SMILES string of the molecule is CCCCC(=O)N1CCN(CC(=O)c2ccc(F)c(C)c2)CC1. The largest absolute Gasteiger partial charge is 0.340 e. The number of aryl methyl sites for hydroxylation is 1. The second kappa shape index (κ2) is 8.20. The third-order valence-electron chi connectivity index (χ3n) is 4.32. The Kier molecular flexibility index (Phi) is 6.28. The second-order valence-corrected chi connectivity index (χ2v) is 6.15. The lowest BCUT2D eigenvalue weighted by molar-refractivity contribution is -0.132. The number of ketones is 1. The minimum Gasteiger partial charge on any atom is -0.340 e. The molecule has 0 N–H and O–H groups in total. The van der Waals surface area contributed by atoms with E-state index < -0.39 is 0 Å². The van der Waals surface area contributed by atoms with Crippen LogP contribution in [0.4, 0.5) is 4.39 Å². The molecule has 0 unspecified atom stereocenters. The molecular weight excluding hydrogens is 295 g/mol. The monoisotopic (exact) mass is 320 g/mol. The third-order valence-corrected chi connectivity index (χ3v) is 4.32. The first-order chi connectivity index (χ1) is 11.0. The van der Waals surface area contributed by atoms with Crippen molar-refractivity contribution < 1.29 is 14.0 Å². The topological polar surface area (TPSA) is 40.6 Å². The summed E-state index contributed by atoms with van der Waals surface area (Å²) in [7, 11) is 0. The third kappa shape index (κ3) is 4.86. The van der Waals surface area contributed by atoms with Crippen molar-refractivity contribution >= 4 is 11.7 Å². The van der Waals surface area contributed by atoms with Crippen LogP contribution in [0.3, 0.4) is 0 Å². The molecular formula is C18H25FN2O2. The van der Waals surface area contributed by atoms with Gasteiger partial charge in [-0.15, -0.1) is 0 Å². The first-order valence-electron chi connectivity index (χ1n) is 8.30. The van der Waals surface area contributed by atoms with E-state index in [0.29, 0.717) is 50.3 Å². The number of rotatable bonds is 6. The maximum Gasteiger partial charge on any atom is 0.222 e. The van der Waals surface area contributed by atoms with Crippen LogP contribution in [0.2, 0.25) is 0 Å². The standard InChI is InChI=1S/C18H25FN2O2/c1-3-4-5-18(23)21-10-8-20(9-11-21)13-17(22)15-6-7-16(19)14(2)12-15/h6-7,12H,3-5,8-11,13H2,1-2H3. The summed E-state index contributed by atoms with van der Waals surface area (Å²) in [4.78, 5) is 28.2. The van der Waals surface area contributed by atoms with E-state index in [0.717, 1.165) is 12.8 Å². The Balaban J connectivity index is 1.82. The number of halogens is 1. The van der Waals surface area contributed by atoms with Crippen LogP contribution in [0.25, 0.3) is 0 Å². The van der Waals surface area contributed by atoms with Crippen LogP contribution in [0.1, 0.15) is 42.1 Å². The molecule has 126 valence electrons. The van der Waals surface area contributed by atoms with E-state index in [1.165, 1.54) is 12.1 Å². The van der Waals surface area contributed by atoms with Gasteiger partial charge in [-0.1, -0.05) is 13.3 Å². The van der Waals surface area contributed by atoms with E-state index >= 15 is 0 Å². The summed E-state index contributed by atoms with van der Waals surface area (Å²) in [5, 5.41) is 0. The van der Waals surface area contributed by atoms with Gasteiger partial charge in [0.2, 0.25) is 5.91 Å². The molecule has 1 saturated heterocycles. The van der Waals surface area contributed by atoms with Crippen molar-refractivity contribution in [2.75, 3.05) is 32.7 Å². The summed E-state index contributed by atoms with van der Waals surface area (Å²) in [6, 6.07) is 4.48. The molecule has 4 nitrogen and oxygen atoms in total. The molecule has 1 aromatic rings. The van der Waals surface area contributed by atoms with Gasteiger partial charge in [-0.25, -0.2) is 4.39 Å². The molecule has 23 heavy (non-hydrogen) atoms. The van der Waals surface area contributed by atoms with Crippen LogP contribution in [0.5, 0.6) is 0 Å². The van der Waals surface area contributed by atoms with Gasteiger partial charge in [0.1, 0.15) is 5.82 Å². The Morgan fingerprint density at radius 3 is 2.48 bits per heavy atom. The van der Waals surface area contributed by atoms with Crippen LogP contribution in [0, 0.1) is 12.7 Å². The number of hydrogen-bond acceptors (Lipinski definition) is 3. The van der Waals surface area contributed by atoms with Crippen LogP contribution >= 0.6 is 0 Å². The minimum absolute atomic E-state index is 0.00106. The molecule has 0 atom stereocenters. The summed E-state index contributed by atoms with van der Waals surface area (Å²) in [6.45, 7) is 6.84. The van der Waals surface area contributed by atoms with E-state index in [-0.39, 0.29) is 17.5 Å². The van der Waals surface area contributed by atoms with Gasteiger partial charge < -0.3 is 4.90 Å². The van der Waals surface area contributed by atoms with E-state index in [1.54, 1.807) is 13.0 Å². The number of hydrogen-bond donors (Lipinski definition) is 0. The van der Waals surface area contributed by atoms with E-state index in [9.17, 15) is 14.0 Å². The highest BCUT2D eigenvalue weighted by Gasteiger charge is 2.22. The van der Waals surface area contributed by atoms with Crippen molar-refractivity contribution in [3.8, 4) is 0 Å². The Hall–Kier alpha value is -1.75. The number of benzene rings is 1. The fourth-order valence-corrected chi connectivity index (χ4v) is 2.75. The fourth-order valence-electron chi connectivity index (χ4n) is 2.75. The van der Waals surface area contributed by atoms with Gasteiger partial charge in [0.15, 0.2) is 5.78 Å². The van der Waals surface area contributed by atoms with Crippen LogP contribution in [0.15, 0.2) is 18.2 Å². The fraction of sp³-hybridized carbons (Fsp3) is 0.556. The Morgan fingerprint density at radius 1 is 1.17 bits per heavy atom. The second-order valence-electron chi connectivity index (χ2n) is 6.15. The van der Waals surface area contributed by atoms with Gasteiger partial charge in [0.05, 0.1) is 6.54 Å². The number of carbonyl (C=O) groups excluding carboxylic acids is 2. The Bertz CT molecular complexity index is 566. The molecule has 1 fully saturated rings. The number of Topliss-reactive ketones (excluding diaryl/α,β-unsaturated/α-hetero) is 1. The lowest BCUT2D eigenvalue weighted by atomic mass is 10.1. The zero-order valence-electron chi connectivity index (χ0n) is 14.0. The van der Waals surface area contributed by atoms with Gasteiger partial charge in [0, 0.05) is 38.2 Å². The molecule has 1 aliphatic rings. The Labute approximate surface area is 137 Å². The van der Waals surface area contributed by atoms with Gasteiger partial charge in [-0.3, -0.25) is 14.5 Å². The first-order valence-corrected chi connectivity index (χ1v) is 8.30. The summed E-state index contributed by atoms with van der Waals surface area (Å²) in [6.07, 6.45) is 2.57. The zero-order valence-corrected chi connectivity index (χ0v) is 14.0. The molecule has 0 radical (unpaired) electrons. The predicted molar refractivity (Wildman–Crippen MR) is 88.0 cm³/mol. The van der Waals surface area contributed by atoms with Crippen LogP contribution < -0.4 is 0 Å².